The fourth-order valence-corrected chi connectivity index (χ4v) is 2.40. The molecule has 2 aromatic rings. The molecular formula is C15H7NO8. The molecule has 0 saturated carbocycles. The van der Waals surface area contributed by atoms with Gasteiger partial charge in [-0.05, 0) is 18.2 Å². The van der Waals surface area contributed by atoms with E-state index in [9.17, 15) is 39.6 Å². The fourth-order valence-electron chi connectivity index (χ4n) is 2.40. The van der Waals surface area contributed by atoms with Crippen LogP contribution in [0.2, 0.25) is 0 Å². The number of carboxylic acid groups (broad SMARTS) is 4. The fraction of sp³-hybridized carbons (Fsp3) is 0. The number of carboxylic acids is 4. The van der Waals surface area contributed by atoms with Gasteiger partial charge in [0.2, 0.25) is 0 Å². The predicted octanol–water partition coefficient (Wildman–Crippen LogP) is 1.50. The number of benzene rings is 2. The summed E-state index contributed by atoms with van der Waals surface area (Å²) < 4.78 is 0. The lowest BCUT2D eigenvalue weighted by molar-refractivity contribution is 0.0675. The lowest BCUT2D eigenvalue weighted by atomic mass is 9.89. The Kier molecular flexibility index (Phi) is 3.90. The summed E-state index contributed by atoms with van der Waals surface area (Å²) in [4.78, 5) is 45.7. The van der Waals surface area contributed by atoms with E-state index in [1.165, 1.54) is 6.07 Å². The summed E-state index contributed by atoms with van der Waals surface area (Å²) in [6.45, 7) is 0. The van der Waals surface area contributed by atoms with Crippen LogP contribution in [0.1, 0.15) is 47.0 Å². The lowest BCUT2D eigenvalue weighted by Crippen LogP contribution is -2.13. The van der Waals surface area contributed by atoms with Gasteiger partial charge in [-0.25, -0.2) is 19.2 Å². The minimum Gasteiger partial charge on any atom is -0.478 e. The van der Waals surface area contributed by atoms with Crippen molar-refractivity contribution in [2.24, 2.45) is 0 Å². The molecule has 120 valence electrons. The first kappa shape index (κ1) is 16.4. The molecule has 0 heterocycles. The molecule has 0 atom stereocenters. The smallest absolute Gasteiger partial charge is 0.337 e. The van der Waals surface area contributed by atoms with Crippen LogP contribution in [-0.2, 0) is 0 Å². The van der Waals surface area contributed by atoms with Crippen LogP contribution < -0.4 is 0 Å². The maximum absolute atomic E-state index is 11.5. The number of fused-ring (bicyclic) bond motifs is 1. The molecule has 0 aromatic heterocycles. The van der Waals surface area contributed by atoms with E-state index in [1.54, 1.807) is 0 Å². The Hall–Kier alpha value is -3.93. The van der Waals surface area contributed by atoms with Crippen molar-refractivity contribution in [2.75, 3.05) is 0 Å². The molecule has 24 heavy (non-hydrogen) atoms. The van der Waals surface area contributed by atoms with Gasteiger partial charge in [0.15, 0.2) is 0 Å². The van der Waals surface area contributed by atoms with Gasteiger partial charge < -0.3 is 20.4 Å². The largest absolute Gasteiger partial charge is 0.478 e. The molecule has 0 fully saturated rings. The maximum Gasteiger partial charge on any atom is 0.337 e. The van der Waals surface area contributed by atoms with Crippen LogP contribution in [-0.4, -0.2) is 44.3 Å². The van der Waals surface area contributed by atoms with Crippen LogP contribution in [0.3, 0.4) is 0 Å². The minimum atomic E-state index is -1.68. The van der Waals surface area contributed by atoms with Gasteiger partial charge in [-0.2, -0.15) is 5.26 Å². The zero-order chi connectivity index (χ0) is 18.2. The molecule has 2 rings (SSSR count). The van der Waals surface area contributed by atoms with Gasteiger partial charge in [0.25, 0.3) is 0 Å². The molecule has 0 unspecified atom stereocenters. The van der Waals surface area contributed by atoms with E-state index in [1.807, 2.05) is 0 Å². The zero-order valence-electron chi connectivity index (χ0n) is 11.6. The highest BCUT2D eigenvalue weighted by atomic mass is 16.4. The molecular weight excluding hydrogens is 322 g/mol. The molecule has 0 aliphatic heterocycles. The Morgan fingerprint density at radius 2 is 1.21 bits per heavy atom. The van der Waals surface area contributed by atoms with Crippen LogP contribution in [0, 0.1) is 11.3 Å². The zero-order valence-corrected chi connectivity index (χ0v) is 11.6. The number of hydrogen-bond acceptors (Lipinski definition) is 5. The second kappa shape index (κ2) is 5.69. The van der Waals surface area contributed by atoms with Gasteiger partial charge in [-0.3, -0.25) is 0 Å². The van der Waals surface area contributed by atoms with E-state index in [-0.39, 0.29) is 0 Å². The minimum absolute atomic E-state index is 0.564. The van der Waals surface area contributed by atoms with Crippen LogP contribution in [0.25, 0.3) is 10.8 Å². The van der Waals surface area contributed by atoms with Crippen LogP contribution >= 0.6 is 0 Å². The first-order valence-electron chi connectivity index (χ1n) is 6.17. The van der Waals surface area contributed by atoms with Crippen molar-refractivity contribution < 1.29 is 39.6 Å². The third-order valence-corrected chi connectivity index (χ3v) is 3.31. The van der Waals surface area contributed by atoms with E-state index < -0.39 is 62.5 Å². The molecule has 0 saturated heterocycles. The van der Waals surface area contributed by atoms with Crippen molar-refractivity contribution in [3.8, 4) is 6.07 Å². The number of carbonyl (C=O) groups is 4. The van der Waals surface area contributed by atoms with E-state index in [2.05, 4.69) is 0 Å². The molecule has 0 amide bonds. The molecule has 9 heteroatoms. The highest BCUT2D eigenvalue weighted by Gasteiger charge is 2.28. The molecule has 0 spiro atoms. The summed E-state index contributed by atoms with van der Waals surface area (Å²) >= 11 is 0. The molecule has 2 aromatic carbocycles. The quantitative estimate of drug-likeness (QED) is 0.648. The van der Waals surface area contributed by atoms with E-state index in [0.29, 0.717) is 6.07 Å². The van der Waals surface area contributed by atoms with Crippen LogP contribution in [0.5, 0.6) is 0 Å². The van der Waals surface area contributed by atoms with Crippen molar-refractivity contribution in [1.29, 1.82) is 5.26 Å². The summed E-state index contributed by atoms with van der Waals surface area (Å²) in [7, 11) is 0. The number of rotatable bonds is 4. The Bertz CT molecular complexity index is 983. The average Bonchev–Trinajstić information content (AvgIpc) is 2.50. The van der Waals surface area contributed by atoms with Crippen LogP contribution in [0.4, 0.5) is 0 Å². The summed E-state index contributed by atoms with van der Waals surface area (Å²) in [5, 5.41) is 44.9. The topological polar surface area (TPSA) is 173 Å². The van der Waals surface area contributed by atoms with Crippen molar-refractivity contribution in [3.05, 3.63) is 46.0 Å². The van der Waals surface area contributed by atoms with Gasteiger partial charge >= 0.3 is 23.9 Å². The van der Waals surface area contributed by atoms with Crippen molar-refractivity contribution in [3.63, 3.8) is 0 Å². The van der Waals surface area contributed by atoms with Crippen molar-refractivity contribution >= 4 is 34.6 Å². The second-order valence-corrected chi connectivity index (χ2v) is 4.59. The Morgan fingerprint density at radius 3 is 1.58 bits per heavy atom. The number of nitriles is 1. The lowest BCUT2D eigenvalue weighted by Gasteiger charge is -2.13. The number of aromatic carboxylic acids is 4. The summed E-state index contributed by atoms with van der Waals surface area (Å²) in [6, 6.07) is 3.94. The van der Waals surface area contributed by atoms with Gasteiger partial charge in [0.1, 0.15) is 6.07 Å². The summed E-state index contributed by atoms with van der Waals surface area (Å²) in [5.41, 5.74) is -3.23. The Balaban J connectivity index is 3.31. The SMILES string of the molecule is N#Cc1cc(C(=O)O)c2c(C(=O)O)ccc(C(=O)O)c2c1C(=O)O. The number of nitrogens with zero attached hydrogens (tertiary/aromatic N) is 1. The molecule has 0 radical (unpaired) electrons. The molecule has 0 aliphatic rings. The van der Waals surface area contributed by atoms with Crippen molar-refractivity contribution in [2.45, 2.75) is 0 Å². The third-order valence-electron chi connectivity index (χ3n) is 3.31. The van der Waals surface area contributed by atoms with Crippen molar-refractivity contribution in [1.82, 2.24) is 0 Å². The first-order chi connectivity index (χ1) is 11.2. The molecule has 0 bridgehead atoms. The number of hydrogen-bond donors (Lipinski definition) is 4. The molecule has 9 nitrogen and oxygen atoms in total. The van der Waals surface area contributed by atoms with Crippen LogP contribution in [0.15, 0.2) is 18.2 Å². The van der Waals surface area contributed by atoms with Gasteiger partial charge in [0, 0.05) is 10.8 Å². The van der Waals surface area contributed by atoms with E-state index >= 15 is 0 Å². The molecule has 4 N–H and O–H groups in total. The van der Waals surface area contributed by atoms with Gasteiger partial charge in [-0.15, -0.1) is 0 Å². The second-order valence-electron chi connectivity index (χ2n) is 4.59. The van der Waals surface area contributed by atoms with Gasteiger partial charge in [0.05, 0.1) is 27.8 Å². The highest BCUT2D eigenvalue weighted by Crippen LogP contribution is 2.32. The van der Waals surface area contributed by atoms with E-state index in [4.69, 9.17) is 5.26 Å². The first-order valence-corrected chi connectivity index (χ1v) is 6.17. The normalized spacial score (nSPS) is 10.1. The average molecular weight is 329 g/mol. The Morgan fingerprint density at radius 1 is 0.750 bits per heavy atom. The van der Waals surface area contributed by atoms with E-state index in [0.717, 1.165) is 12.1 Å². The third kappa shape index (κ3) is 2.38. The summed E-state index contributed by atoms with van der Waals surface area (Å²) in [5.74, 6) is -6.47. The maximum atomic E-state index is 11.5. The predicted molar refractivity (Wildman–Crippen MR) is 76.5 cm³/mol. The Labute approximate surface area is 132 Å². The molecule has 0 aliphatic carbocycles. The van der Waals surface area contributed by atoms with Gasteiger partial charge in [-0.1, -0.05) is 0 Å². The monoisotopic (exact) mass is 329 g/mol. The summed E-state index contributed by atoms with van der Waals surface area (Å²) in [6.07, 6.45) is 0. The highest BCUT2D eigenvalue weighted by molar-refractivity contribution is 6.22. The standard InChI is InChI=1S/C15H7NO8/c16-4-5-3-8(14(21)22)10-6(12(17)18)1-2-7(13(19)20)11(10)9(5)15(23)24/h1-3H,(H,17,18)(H,19,20)(H,21,22)(H,23,24).